The van der Waals surface area contributed by atoms with Gasteiger partial charge in [-0.3, -0.25) is 4.79 Å². The number of furan rings is 1. The molecular weight excluding hydrogens is 373 g/mol. The van der Waals surface area contributed by atoms with E-state index in [2.05, 4.69) is 5.32 Å². The molecule has 0 spiro atoms. The maximum atomic E-state index is 13.8. The summed E-state index contributed by atoms with van der Waals surface area (Å²) in [5.41, 5.74) is 0.412. The number of hydrogen-bond donors (Lipinski definition) is 1. The van der Waals surface area contributed by atoms with E-state index in [4.69, 9.17) is 13.9 Å². The highest BCUT2D eigenvalue weighted by Gasteiger charge is 2.10. The Morgan fingerprint density at radius 2 is 1.72 bits per heavy atom. The number of amides is 1. The Hall–Kier alpha value is -3.28. The molecule has 5 nitrogen and oxygen atoms in total. The minimum Gasteiger partial charge on any atom is -0.494 e. The zero-order chi connectivity index (χ0) is 20.5. The molecule has 1 aromatic heterocycles. The van der Waals surface area contributed by atoms with E-state index in [1.54, 1.807) is 30.3 Å². The predicted molar refractivity (Wildman–Crippen MR) is 109 cm³/mol. The first-order chi connectivity index (χ1) is 14.2. The Morgan fingerprint density at radius 1 is 1.00 bits per heavy atom. The number of aryl methyl sites for hydroxylation is 1. The smallest absolute Gasteiger partial charge is 0.220 e. The van der Waals surface area contributed by atoms with Crippen molar-refractivity contribution >= 4 is 5.91 Å². The molecular formula is C23H24FNO4. The fourth-order valence-corrected chi connectivity index (χ4v) is 2.80. The summed E-state index contributed by atoms with van der Waals surface area (Å²) in [4.78, 5) is 12.0. The predicted octanol–water partition coefficient (Wildman–Crippen LogP) is 4.61. The van der Waals surface area contributed by atoms with Crippen LogP contribution in [0.5, 0.6) is 11.5 Å². The lowest BCUT2D eigenvalue weighted by Gasteiger charge is -2.08. The molecule has 0 aliphatic carbocycles. The molecule has 29 heavy (non-hydrogen) atoms. The van der Waals surface area contributed by atoms with Gasteiger partial charge >= 0.3 is 0 Å². The Labute approximate surface area is 169 Å². The van der Waals surface area contributed by atoms with Crippen LogP contribution in [-0.2, 0) is 11.2 Å². The number of hydrogen-bond acceptors (Lipinski definition) is 4. The SMILES string of the molecule is CCOc1ccc(OCCNC(=O)CCc2ccc(-c3ccccc3F)o2)cc1. The Kier molecular flexibility index (Phi) is 7.28. The average Bonchev–Trinajstić information content (AvgIpc) is 3.20. The molecule has 0 atom stereocenters. The molecule has 1 heterocycles. The quantitative estimate of drug-likeness (QED) is 0.508. The maximum absolute atomic E-state index is 13.8. The molecule has 0 bridgehead atoms. The summed E-state index contributed by atoms with van der Waals surface area (Å²) < 4.78 is 30.4. The topological polar surface area (TPSA) is 60.7 Å². The monoisotopic (exact) mass is 397 g/mol. The van der Waals surface area contributed by atoms with Crippen molar-refractivity contribution in [3.63, 3.8) is 0 Å². The number of benzene rings is 2. The van der Waals surface area contributed by atoms with Crippen molar-refractivity contribution in [2.75, 3.05) is 19.8 Å². The van der Waals surface area contributed by atoms with Gasteiger partial charge in [-0.2, -0.15) is 0 Å². The van der Waals surface area contributed by atoms with Crippen LogP contribution >= 0.6 is 0 Å². The summed E-state index contributed by atoms with van der Waals surface area (Å²) in [7, 11) is 0. The van der Waals surface area contributed by atoms with E-state index >= 15 is 0 Å². The lowest BCUT2D eigenvalue weighted by atomic mass is 10.1. The molecule has 0 saturated carbocycles. The molecule has 1 amide bonds. The molecule has 0 unspecified atom stereocenters. The molecule has 152 valence electrons. The highest BCUT2D eigenvalue weighted by atomic mass is 19.1. The molecule has 3 rings (SSSR count). The Bertz CT molecular complexity index is 921. The van der Waals surface area contributed by atoms with E-state index < -0.39 is 0 Å². The van der Waals surface area contributed by atoms with Crippen molar-refractivity contribution in [1.82, 2.24) is 5.32 Å². The molecule has 1 N–H and O–H groups in total. The number of carbonyl (C=O) groups is 1. The second-order valence-electron chi connectivity index (χ2n) is 6.35. The van der Waals surface area contributed by atoms with Gasteiger partial charge < -0.3 is 19.2 Å². The van der Waals surface area contributed by atoms with Crippen molar-refractivity contribution in [3.8, 4) is 22.8 Å². The molecule has 6 heteroatoms. The second-order valence-corrected chi connectivity index (χ2v) is 6.35. The first kappa shape index (κ1) is 20.5. The van der Waals surface area contributed by atoms with Gasteiger partial charge in [-0.1, -0.05) is 12.1 Å². The summed E-state index contributed by atoms with van der Waals surface area (Å²) in [6.07, 6.45) is 0.729. The normalized spacial score (nSPS) is 10.6. The molecule has 0 aliphatic heterocycles. The van der Waals surface area contributed by atoms with Gasteiger partial charge in [0.15, 0.2) is 0 Å². The summed E-state index contributed by atoms with van der Waals surface area (Å²) >= 11 is 0. The van der Waals surface area contributed by atoms with E-state index in [0.29, 0.717) is 43.3 Å². The van der Waals surface area contributed by atoms with Crippen molar-refractivity contribution in [1.29, 1.82) is 0 Å². The summed E-state index contributed by atoms with van der Waals surface area (Å²) in [6, 6.07) is 17.3. The third-order valence-corrected chi connectivity index (χ3v) is 4.23. The van der Waals surface area contributed by atoms with Crippen LogP contribution in [0.15, 0.2) is 65.1 Å². The summed E-state index contributed by atoms with van der Waals surface area (Å²) in [5.74, 6) is 2.19. The third-order valence-electron chi connectivity index (χ3n) is 4.23. The largest absolute Gasteiger partial charge is 0.494 e. The van der Waals surface area contributed by atoms with Crippen LogP contribution in [0.4, 0.5) is 4.39 Å². The van der Waals surface area contributed by atoms with E-state index in [1.165, 1.54) is 6.07 Å². The highest BCUT2D eigenvalue weighted by molar-refractivity contribution is 5.76. The van der Waals surface area contributed by atoms with Crippen LogP contribution in [0.25, 0.3) is 11.3 Å². The minimum absolute atomic E-state index is 0.0934. The number of nitrogens with one attached hydrogen (secondary N) is 1. The van der Waals surface area contributed by atoms with Gasteiger partial charge in [0.05, 0.1) is 18.7 Å². The van der Waals surface area contributed by atoms with Gasteiger partial charge in [-0.05, 0) is 55.5 Å². The Morgan fingerprint density at radius 3 is 2.45 bits per heavy atom. The van der Waals surface area contributed by atoms with Gasteiger partial charge in [0.25, 0.3) is 0 Å². The maximum Gasteiger partial charge on any atom is 0.220 e. The van der Waals surface area contributed by atoms with E-state index in [-0.39, 0.29) is 18.1 Å². The van der Waals surface area contributed by atoms with Crippen LogP contribution in [-0.4, -0.2) is 25.7 Å². The fourth-order valence-electron chi connectivity index (χ4n) is 2.80. The molecule has 0 saturated heterocycles. The zero-order valence-corrected chi connectivity index (χ0v) is 16.3. The lowest BCUT2D eigenvalue weighted by molar-refractivity contribution is -0.121. The number of ether oxygens (including phenoxy) is 2. The number of rotatable bonds is 10. The standard InChI is InChI=1S/C23H24FNO4/c1-2-27-17-7-9-18(10-8-17)28-16-15-25-23(26)14-12-19-11-13-22(29-19)20-5-3-4-6-21(20)24/h3-11,13H,2,12,14-16H2,1H3,(H,25,26). The van der Waals surface area contributed by atoms with Crippen molar-refractivity contribution < 1.29 is 23.1 Å². The van der Waals surface area contributed by atoms with Crippen molar-refractivity contribution in [3.05, 3.63) is 72.2 Å². The summed E-state index contributed by atoms with van der Waals surface area (Å²) in [6.45, 7) is 3.33. The van der Waals surface area contributed by atoms with Crippen LogP contribution < -0.4 is 14.8 Å². The molecule has 2 aromatic carbocycles. The van der Waals surface area contributed by atoms with Crippen LogP contribution in [0.3, 0.4) is 0 Å². The fraction of sp³-hybridized carbons (Fsp3) is 0.261. The van der Waals surface area contributed by atoms with E-state index in [0.717, 1.165) is 11.5 Å². The van der Waals surface area contributed by atoms with Gasteiger partial charge in [0, 0.05) is 12.8 Å². The van der Waals surface area contributed by atoms with Gasteiger partial charge in [-0.15, -0.1) is 0 Å². The van der Waals surface area contributed by atoms with Gasteiger partial charge in [0.2, 0.25) is 5.91 Å². The number of halogens is 1. The first-order valence-electron chi connectivity index (χ1n) is 9.61. The minimum atomic E-state index is -0.335. The van der Waals surface area contributed by atoms with Crippen molar-refractivity contribution in [2.45, 2.75) is 19.8 Å². The van der Waals surface area contributed by atoms with Crippen LogP contribution in [0.1, 0.15) is 19.1 Å². The van der Waals surface area contributed by atoms with Crippen LogP contribution in [0.2, 0.25) is 0 Å². The molecule has 0 radical (unpaired) electrons. The van der Waals surface area contributed by atoms with Gasteiger partial charge in [-0.25, -0.2) is 4.39 Å². The zero-order valence-electron chi connectivity index (χ0n) is 16.3. The Balaban J connectivity index is 1.37. The second kappa shape index (κ2) is 10.3. The molecule has 0 fully saturated rings. The molecule has 3 aromatic rings. The third kappa shape index (κ3) is 6.10. The summed E-state index contributed by atoms with van der Waals surface area (Å²) in [5, 5.41) is 2.81. The first-order valence-corrected chi connectivity index (χ1v) is 9.61. The lowest BCUT2D eigenvalue weighted by Crippen LogP contribution is -2.28. The highest BCUT2D eigenvalue weighted by Crippen LogP contribution is 2.25. The van der Waals surface area contributed by atoms with E-state index in [1.807, 2.05) is 31.2 Å². The van der Waals surface area contributed by atoms with Crippen LogP contribution in [0, 0.1) is 5.82 Å². The van der Waals surface area contributed by atoms with E-state index in [9.17, 15) is 9.18 Å². The van der Waals surface area contributed by atoms with Gasteiger partial charge in [0.1, 0.15) is 35.4 Å². The van der Waals surface area contributed by atoms with Crippen molar-refractivity contribution in [2.24, 2.45) is 0 Å². The molecule has 0 aliphatic rings. The number of carbonyl (C=O) groups excluding carboxylic acids is 1. The average molecular weight is 397 g/mol.